The van der Waals surface area contributed by atoms with Crippen LogP contribution in [0.1, 0.15) is 11.1 Å². The van der Waals surface area contributed by atoms with E-state index in [-0.39, 0.29) is 4.91 Å². The van der Waals surface area contributed by atoms with Crippen LogP contribution in [0.25, 0.3) is 4.91 Å². The smallest absolute Gasteiger partial charge is 0.239 e. The molecule has 86 valence electrons. The van der Waals surface area contributed by atoms with Crippen molar-refractivity contribution in [3.05, 3.63) is 59.0 Å². The molecule has 0 saturated heterocycles. The summed E-state index contributed by atoms with van der Waals surface area (Å²) in [7, 11) is -3.73. The van der Waals surface area contributed by atoms with Gasteiger partial charge >= 0.3 is 0 Å². The van der Waals surface area contributed by atoms with Crippen LogP contribution in [0.2, 0.25) is 0 Å². The molecular weight excluding hydrogens is 236 g/mol. The van der Waals surface area contributed by atoms with Crippen molar-refractivity contribution < 1.29 is 8.42 Å². The van der Waals surface area contributed by atoms with E-state index >= 15 is 0 Å². The number of pyridine rings is 1. The van der Waals surface area contributed by atoms with Crippen molar-refractivity contribution in [3.8, 4) is 0 Å². The summed E-state index contributed by atoms with van der Waals surface area (Å²) in [6.07, 6.45) is 9.52. The summed E-state index contributed by atoms with van der Waals surface area (Å²) in [6, 6.07) is 1.70. The number of hydrogen-bond acceptors (Lipinski definition) is 3. The van der Waals surface area contributed by atoms with Crippen LogP contribution in [0, 0.1) is 0 Å². The van der Waals surface area contributed by atoms with Crippen molar-refractivity contribution >= 4 is 14.9 Å². The highest BCUT2D eigenvalue weighted by Crippen LogP contribution is 2.38. The van der Waals surface area contributed by atoms with Crippen molar-refractivity contribution in [2.45, 2.75) is 6.42 Å². The van der Waals surface area contributed by atoms with Gasteiger partial charge < -0.3 is 0 Å². The maximum absolute atomic E-state index is 11.7. The van der Waals surface area contributed by atoms with Gasteiger partial charge in [-0.25, -0.2) is 13.6 Å². The van der Waals surface area contributed by atoms with Gasteiger partial charge in [0, 0.05) is 24.4 Å². The number of aromatic nitrogens is 1. The highest BCUT2D eigenvalue weighted by molar-refractivity contribution is 7.98. The lowest BCUT2D eigenvalue weighted by atomic mass is 9.91. The van der Waals surface area contributed by atoms with Crippen LogP contribution in [-0.4, -0.2) is 13.4 Å². The molecule has 2 aliphatic carbocycles. The normalized spacial score (nSPS) is 17.8. The molecule has 17 heavy (non-hydrogen) atoms. The van der Waals surface area contributed by atoms with Crippen LogP contribution < -0.4 is 5.14 Å². The Labute approximate surface area is 99.2 Å². The van der Waals surface area contributed by atoms with Crippen molar-refractivity contribution in [1.29, 1.82) is 0 Å². The highest BCUT2D eigenvalue weighted by Gasteiger charge is 2.29. The van der Waals surface area contributed by atoms with E-state index in [1.807, 2.05) is 12.2 Å². The predicted octanol–water partition coefficient (Wildman–Crippen LogP) is 1.13. The van der Waals surface area contributed by atoms with E-state index in [1.54, 1.807) is 24.5 Å². The van der Waals surface area contributed by atoms with Crippen molar-refractivity contribution in [2.75, 3.05) is 0 Å². The molecule has 0 saturated carbocycles. The second-order valence-electron chi connectivity index (χ2n) is 4.05. The van der Waals surface area contributed by atoms with Gasteiger partial charge in [0.2, 0.25) is 10.0 Å². The molecular formula is C12H10N2O2S. The predicted molar refractivity (Wildman–Crippen MR) is 65.2 cm³/mol. The number of allylic oxidation sites excluding steroid dienone is 5. The van der Waals surface area contributed by atoms with Gasteiger partial charge in [0.25, 0.3) is 0 Å². The summed E-state index contributed by atoms with van der Waals surface area (Å²) >= 11 is 0. The van der Waals surface area contributed by atoms with Gasteiger partial charge in [0.15, 0.2) is 0 Å². The molecule has 2 aliphatic rings. The Bertz CT molecular complexity index is 697. The standard InChI is InChI=1S/C12H10N2O2S/c13-17(15,16)12-10-3-1-2-8(10)6-9-7-14-5-4-11(9)12/h1-5,7H,6H2,(H2,13,15,16). The largest absolute Gasteiger partial charge is 0.264 e. The van der Waals surface area contributed by atoms with E-state index in [0.717, 1.165) is 11.1 Å². The van der Waals surface area contributed by atoms with Crippen LogP contribution in [0.5, 0.6) is 0 Å². The summed E-state index contributed by atoms with van der Waals surface area (Å²) in [5.41, 5.74) is 3.26. The second kappa shape index (κ2) is 3.38. The number of fused-ring (bicyclic) bond motifs is 2. The fraction of sp³-hybridized carbons (Fsp3) is 0.0833. The van der Waals surface area contributed by atoms with Gasteiger partial charge in [-0.15, -0.1) is 0 Å². The van der Waals surface area contributed by atoms with E-state index in [1.165, 1.54) is 0 Å². The second-order valence-corrected chi connectivity index (χ2v) is 5.55. The van der Waals surface area contributed by atoms with E-state index < -0.39 is 10.0 Å². The first-order chi connectivity index (χ1) is 8.07. The summed E-state index contributed by atoms with van der Waals surface area (Å²) < 4.78 is 23.5. The topological polar surface area (TPSA) is 73.1 Å². The first-order valence-electron chi connectivity index (χ1n) is 5.15. The lowest BCUT2D eigenvalue weighted by Crippen LogP contribution is -2.19. The lowest BCUT2D eigenvalue weighted by molar-refractivity contribution is 0.607. The summed E-state index contributed by atoms with van der Waals surface area (Å²) in [5, 5.41) is 5.31. The highest BCUT2D eigenvalue weighted by atomic mass is 32.2. The minimum Gasteiger partial charge on any atom is -0.264 e. The first kappa shape index (κ1) is 10.4. The number of rotatable bonds is 1. The van der Waals surface area contributed by atoms with Crippen molar-refractivity contribution in [2.24, 2.45) is 5.14 Å². The summed E-state index contributed by atoms with van der Waals surface area (Å²) in [6.45, 7) is 0. The van der Waals surface area contributed by atoms with Crippen molar-refractivity contribution in [3.63, 3.8) is 0 Å². The zero-order valence-corrected chi connectivity index (χ0v) is 9.74. The average Bonchev–Trinajstić information content (AvgIpc) is 2.71. The SMILES string of the molecule is NS(=O)(=O)C1=C2C=CC=C2Cc2cnccc21. The molecule has 0 aromatic carbocycles. The number of nitrogens with two attached hydrogens (primary N) is 1. The number of nitrogens with zero attached hydrogens (tertiary/aromatic N) is 1. The third kappa shape index (κ3) is 1.55. The summed E-state index contributed by atoms with van der Waals surface area (Å²) in [5.74, 6) is 0. The van der Waals surface area contributed by atoms with Gasteiger partial charge in [-0.1, -0.05) is 18.2 Å². The van der Waals surface area contributed by atoms with Gasteiger partial charge in [0.05, 0.1) is 4.91 Å². The molecule has 4 nitrogen and oxygen atoms in total. The molecule has 1 aromatic rings. The minimum absolute atomic E-state index is 0.209. The van der Waals surface area contributed by atoms with E-state index in [0.29, 0.717) is 17.6 Å². The van der Waals surface area contributed by atoms with Crippen LogP contribution in [0.15, 0.2) is 47.8 Å². The fourth-order valence-electron chi connectivity index (χ4n) is 2.28. The minimum atomic E-state index is -3.73. The van der Waals surface area contributed by atoms with Crippen LogP contribution >= 0.6 is 0 Å². The molecule has 0 amide bonds. The van der Waals surface area contributed by atoms with Crippen LogP contribution in [0.4, 0.5) is 0 Å². The molecule has 2 N–H and O–H groups in total. The Morgan fingerprint density at radius 3 is 2.94 bits per heavy atom. The van der Waals surface area contributed by atoms with Gasteiger partial charge in [0.1, 0.15) is 0 Å². The summed E-state index contributed by atoms with van der Waals surface area (Å²) in [4.78, 5) is 4.23. The molecule has 0 unspecified atom stereocenters. The third-order valence-corrected chi connectivity index (χ3v) is 3.97. The number of primary sulfonamides is 1. The Kier molecular flexibility index (Phi) is 2.08. The number of hydrogen-bond donors (Lipinski definition) is 1. The molecule has 5 heteroatoms. The van der Waals surface area contributed by atoms with E-state index in [4.69, 9.17) is 5.14 Å². The third-order valence-electron chi connectivity index (χ3n) is 2.96. The maximum Gasteiger partial charge on any atom is 0.239 e. The van der Waals surface area contributed by atoms with Crippen LogP contribution in [0.3, 0.4) is 0 Å². The Balaban J connectivity index is 2.39. The Morgan fingerprint density at radius 1 is 1.35 bits per heavy atom. The zero-order chi connectivity index (χ0) is 12.0. The molecule has 0 atom stereocenters. The van der Waals surface area contributed by atoms with Gasteiger partial charge in [-0.2, -0.15) is 0 Å². The zero-order valence-electron chi connectivity index (χ0n) is 8.92. The van der Waals surface area contributed by atoms with Crippen LogP contribution in [-0.2, 0) is 16.4 Å². The monoisotopic (exact) mass is 246 g/mol. The molecule has 1 heterocycles. The van der Waals surface area contributed by atoms with Gasteiger partial charge in [-0.3, -0.25) is 4.98 Å². The molecule has 0 radical (unpaired) electrons. The average molecular weight is 246 g/mol. The molecule has 0 spiro atoms. The number of sulfonamides is 1. The molecule has 0 fully saturated rings. The first-order valence-corrected chi connectivity index (χ1v) is 6.70. The Hall–Kier alpha value is -1.72. The van der Waals surface area contributed by atoms with E-state index in [2.05, 4.69) is 4.98 Å². The molecule has 1 aromatic heterocycles. The molecule has 0 bridgehead atoms. The lowest BCUT2D eigenvalue weighted by Gasteiger charge is -2.20. The van der Waals surface area contributed by atoms with Gasteiger partial charge in [-0.05, 0) is 22.8 Å². The maximum atomic E-state index is 11.7. The van der Waals surface area contributed by atoms with Crippen molar-refractivity contribution in [1.82, 2.24) is 4.98 Å². The molecule has 0 aliphatic heterocycles. The fourth-order valence-corrected chi connectivity index (χ4v) is 3.29. The Morgan fingerprint density at radius 2 is 2.18 bits per heavy atom. The molecule has 3 rings (SSSR count). The quantitative estimate of drug-likeness (QED) is 0.807. The van der Waals surface area contributed by atoms with E-state index in [9.17, 15) is 8.42 Å².